The number of halogens is 1. The topological polar surface area (TPSA) is 47.3 Å². The Morgan fingerprint density at radius 1 is 1.50 bits per heavy atom. The number of nitrogen functional groups attached to an aromatic ring is 1. The van der Waals surface area contributed by atoms with E-state index in [9.17, 15) is 0 Å². The second-order valence-corrected chi connectivity index (χ2v) is 3.82. The molecule has 1 fully saturated rings. The van der Waals surface area contributed by atoms with Gasteiger partial charge >= 0.3 is 0 Å². The fourth-order valence-corrected chi connectivity index (χ4v) is 1.78. The molecule has 0 amide bonds. The quantitative estimate of drug-likeness (QED) is 0.739. The van der Waals surface area contributed by atoms with Crippen molar-refractivity contribution in [1.82, 2.24) is 0 Å². The summed E-state index contributed by atoms with van der Waals surface area (Å²) in [7, 11) is 0. The molecule has 1 unspecified atom stereocenters. The van der Waals surface area contributed by atoms with Crippen LogP contribution < -0.4 is 11.1 Å². The number of para-hydroxylation sites is 1. The van der Waals surface area contributed by atoms with E-state index in [1.54, 1.807) is 0 Å². The van der Waals surface area contributed by atoms with Gasteiger partial charge in [-0.05, 0) is 18.6 Å². The van der Waals surface area contributed by atoms with E-state index in [2.05, 4.69) is 5.32 Å². The minimum Gasteiger partial charge on any atom is -0.397 e. The maximum atomic E-state index is 6.02. The van der Waals surface area contributed by atoms with E-state index in [1.807, 2.05) is 18.2 Å². The van der Waals surface area contributed by atoms with Gasteiger partial charge in [0, 0.05) is 6.61 Å². The number of hydrogen-bond donors (Lipinski definition) is 2. The molecule has 0 bridgehead atoms. The number of hydrogen-bond acceptors (Lipinski definition) is 3. The molecule has 1 aromatic carbocycles. The van der Waals surface area contributed by atoms with Gasteiger partial charge in [0.25, 0.3) is 0 Å². The zero-order valence-corrected chi connectivity index (χ0v) is 8.55. The zero-order chi connectivity index (χ0) is 9.97. The molecule has 0 aromatic heterocycles. The van der Waals surface area contributed by atoms with E-state index in [-0.39, 0.29) is 0 Å². The van der Waals surface area contributed by atoms with Gasteiger partial charge < -0.3 is 15.8 Å². The average molecular weight is 213 g/mol. The molecular weight excluding hydrogens is 200 g/mol. The smallest absolute Gasteiger partial charge is 0.0766 e. The highest BCUT2D eigenvalue weighted by Gasteiger charge is 2.17. The molecule has 3 N–H and O–H groups in total. The molecule has 1 atom stereocenters. The maximum Gasteiger partial charge on any atom is 0.0766 e. The molecule has 2 rings (SSSR count). The molecular formula is C10H13ClN2O. The van der Waals surface area contributed by atoms with Gasteiger partial charge in [-0.1, -0.05) is 17.7 Å². The van der Waals surface area contributed by atoms with Crippen molar-refractivity contribution < 1.29 is 4.74 Å². The summed E-state index contributed by atoms with van der Waals surface area (Å²) in [5.74, 6) is 0. The van der Waals surface area contributed by atoms with Crippen LogP contribution in [0.15, 0.2) is 18.2 Å². The predicted octanol–water partition coefficient (Wildman–Crippen LogP) is 2.12. The first-order chi connectivity index (χ1) is 6.77. The fraction of sp³-hybridized carbons (Fsp3) is 0.400. The van der Waals surface area contributed by atoms with Gasteiger partial charge in [0.15, 0.2) is 0 Å². The number of ether oxygens (including phenoxy) is 1. The minimum atomic E-state index is 0.331. The van der Waals surface area contributed by atoms with Crippen molar-refractivity contribution in [3.8, 4) is 0 Å². The summed E-state index contributed by atoms with van der Waals surface area (Å²) in [4.78, 5) is 0. The number of nitrogens with one attached hydrogen (secondary N) is 1. The summed E-state index contributed by atoms with van der Waals surface area (Å²) >= 11 is 6.02. The third-order valence-corrected chi connectivity index (χ3v) is 2.64. The number of benzene rings is 1. The Hall–Kier alpha value is -0.930. The van der Waals surface area contributed by atoms with Crippen LogP contribution >= 0.6 is 11.6 Å². The van der Waals surface area contributed by atoms with Gasteiger partial charge in [0.1, 0.15) is 0 Å². The Kier molecular flexibility index (Phi) is 2.79. The van der Waals surface area contributed by atoms with E-state index in [1.165, 1.54) is 0 Å². The van der Waals surface area contributed by atoms with Crippen LogP contribution in [0.5, 0.6) is 0 Å². The Morgan fingerprint density at radius 2 is 2.36 bits per heavy atom. The average Bonchev–Trinajstić information content (AvgIpc) is 2.64. The van der Waals surface area contributed by atoms with Gasteiger partial charge in [-0.25, -0.2) is 0 Å². The first kappa shape index (κ1) is 9.62. The maximum absolute atomic E-state index is 6.02. The van der Waals surface area contributed by atoms with Crippen molar-refractivity contribution in [3.05, 3.63) is 23.2 Å². The van der Waals surface area contributed by atoms with E-state index in [0.717, 1.165) is 25.3 Å². The van der Waals surface area contributed by atoms with Crippen LogP contribution in [0.1, 0.15) is 6.42 Å². The highest BCUT2D eigenvalue weighted by atomic mass is 35.5. The summed E-state index contributed by atoms with van der Waals surface area (Å²) in [5.41, 5.74) is 7.32. The van der Waals surface area contributed by atoms with Crippen molar-refractivity contribution >= 4 is 23.0 Å². The molecule has 1 heterocycles. The SMILES string of the molecule is Nc1cccc(Cl)c1NC1CCOC1. The molecule has 1 aliphatic heterocycles. The Balaban J connectivity index is 2.14. The summed E-state index contributed by atoms with van der Waals surface area (Å²) in [6.45, 7) is 1.53. The van der Waals surface area contributed by atoms with Gasteiger partial charge in [0.2, 0.25) is 0 Å². The third kappa shape index (κ3) is 1.94. The van der Waals surface area contributed by atoms with Gasteiger partial charge in [0.05, 0.1) is 29.0 Å². The lowest BCUT2D eigenvalue weighted by atomic mass is 10.2. The van der Waals surface area contributed by atoms with Crippen molar-refractivity contribution in [2.45, 2.75) is 12.5 Å². The monoisotopic (exact) mass is 212 g/mol. The van der Waals surface area contributed by atoms with Crippen molar-refractivity contribution in [3.63, 3.8) is 0 Å². The van der Waals surface area contributed by atoms with Crippen LogP contribution in [0.3, 0.4) is 0 Å². The normalized spacial score (nSPS) is 21.1. The molecule has 14 heavy (non-hydrogen) atoms. The molecule has 3 nitrogen and oxygen atoms in total. The van der Waals surface area contributed by atoms with Crippen LogP contribution in [0.2, 0.25) is 5.02 Å². The molecule has 1 saturated heterocycles. The molecule has 4 heteroatoms. The summed E-state index contributed by atoms with van der Waals surface area (Å²) in [6, 6.07) is 5.84. The molecule has 0 aliphatic carbocycles. The fourth-order valence-electron chi connectivity index (χ4n) is 1.55. The number of anilines is 2. The second-order valence-electron chi connectivity index (χ2n) is 3.41. The van der Waals surface area contributed by atoms with Crippen LogP contribution in [0, 0.1) is 0 Å². The number of nitrogens with two attached hydrogens (primary N) is 1. The van der Waals surface area contributed by atoms with E-state index in [4.69, 9.17) is 22.1 Å². The Bertz CT molecular complexity index is 304. The highest BCUT2D eigenvalue weighted by Crippen LogP contribution is 2.29. The zero-order valence-electron chi connectivity index (χ0n) is 7.79. The standard InChI is InChI=1S/C10H13ClN2O/c11-8-2-1-3-9(12)10(8)13-7-4-5-14-6-7/h1-3,7,13H,4-6,12H2. The lowest BCUT2D eigenvalue weighted by Crippen LogP contribution is -2.19. The highest BCUT2D eigenvalue weighted by molar-refractivity contribution is 6.33. The van der Waals surface area contributed by atoms with Gasteiger partial charge in [-0.15, -0.1) is 0 Å². The molecule has 0 saturated carbocycles. The van der Waals surface area contributed by atoms with Gasteiger partial charge in [-0.3, -0.25) is 0 Å². The summed E-state index contributed by atoms with van der Waals surface area (Å²) in [5, 5.41) is 3.96. The van der Waals surface area contributed by atoms with E-state index < -0.39 is 0 Å². The molecule has 76 valence electrons. The van der Waals surface area contributed by atoms with Crippen LogP contribution in [-0.4, -0.2) is 19.3 Å². The van der Waals surface area contributed by atoms with Crippen molar-refractivity contribution in [2.75, 3.05) is 24.3 Å². The largest absolute Gasteiger partial charge is 0.397 e. The van der Waals surface area contributed by atoms with Crippen LogP contribution in [0.25, 0.3) is 0 Å². The molecule has 1 aliphatic rings. The van der Waals surface area contributed by atoms with Crippen LogP contribution in [0.4, 0.5) is 11.4 Å². The lowest BCUT2D eigenvalue weighted by molar-refractivity contribution is 0.195. The van der Waals surface area contributed by atoms with Crippen molar-refractivity contribution in [1.29, 1.82) is 0 Å². The summed E-state index contributed by atoms with van der Waals surface area (Å²) in [6.07, 6.45) is 1.00. The minimum absolute atomic E-state index is 0.331. The summed E-state index contributed by atoms with van der Waals surface area (Å²) < 4.78 is 5.26. The third-order valence-electron chi connectivity index (χ3n) is 2.32. The lowest BCUT2D eigenvalue weighted by Gasteiger charge is -2.15. The van der Waals surface area contributed by atoms with Crippen molar-refractivity contribution in [2.24, 2.45) is 0 Å². The van der Waals surface area contributed by atoms with Crippen LogP contribution in [-0.2, 0) is 4.74 Å². The van der Waals surface area contributed by atoms with Gasteiger partial charge in [-0.2, -0.15) is 0 Å². The molecule has 0 spiro atoms. The Morgan fingerprint density at radius 3 is 3.00 bits per heavy atom. The predicted molar refractivity (Wildman–Crippen MR) is 58.7 cm³/mol. The number of rotatable bonds is 2. The molecule has 1 aromatic rings. The van der Waals surface area contributed by atoms with E-state index in [0.29, 0.717) is 16.8 Å². The first-order valence-electron chi connectivity index (χ1n) is 4.65. The van der Waals surface area contributed by atoms with E-state index >= 15 is 0 Å². The first-order valence-corrected chi connectivity index (χ1v) is 5.03. The molecule has 0 radical (unpaired) electrons. The Labute approximate surface area is 88.2 Å². The second kappa shape index (κ2) is 4.07.